The third-order valence-electron chi connectivity index (χ3n) is 4.86. The molecule has 1 aromatic heterocycles. The van der Waals surface area contributed by atoms with Crippen LogP contribution in [0.4, 0.5) is 0 Å². The summed E-state index contributed by atoms with van der Waals surface area (Å²) in [6.45, 7) is 10.8. The molecule has 0 unspecified atom stereocenters. The molecule has 1 heterocycles. The summed E-state index contributed by atoms with van der Waals surface area (Å²) in [7, 11) is 0. The van der Waals surface area contributed by atoms with Crippen LogP contribution in [0.1, 0.15) is 70.2 Å². The number of amides is 1. The van der Waals surface area contributed by atoms with Crippen molar-refractivity contribution in [2.45, 2.75) is 53.6 Å². The number of benzene rings is 1. The molecule has 0 saturated heterocycles. The summed E-state index contributed by atoms with van der Waals surface area (Å²) in [5.74, 6) is -1.07. The molecule has 1 aromatic carbocycles. The van der Waals surface area contributed by atoms with Gasteiger partial charge in [0.2, 0.25) is 0 Å². The number of esters is 1. The third-order valence-corrected chi connectivity index (χ3v) is 5.18. The van der Waals surface area contributed by atoms with Crippen molar-refractivity contribution in [2.75, 3.05) is 6.61 Å². The zero-order valence-electron chi connectivity index (χ0n) is 17.6. The highest BCUT2D eigenvalue weighted by atomic mass is 35.5. The molecule has 0 aliphatic heterocycles. The van der Waals surface area contributed by atoms with Crippen molar-refractivity contribution >= 4 is 29.3 Å². The van der Waals surface area contributed by atoms with Gasteiger partial charge in [0.1, 0.15) is 5.69 Å². The van der Waals surface area contributed by atoms with Crippen LogP contribution in [-0.4, -0.2) is 46.2 Å². The van der Waals surface area contributed by atoms with Crippen LogP contribution >= 0.6 is 11.6 Å². The number of aryl methyl sites for hydroxylation is 1. The topological polar surface area (TPSA) is 79.5 Å². The van der Waals surface area contributed by atoms with Crippen LogP contribution in [0.5, 0.6) is 0 Å². The van der Waals surface area contributed by atoms with Crippen LogP contribution in [0.2, 0.25) is 5.02 Å². The SMILES string of the molecule is CCOC(=O)c1[nH]c(C)c(C(=O)[C@@H](C)N(C(=O)c2ccccc2Cl)C(C)C)c1C. The number of rotatable bonds is 7. The number of nitrogens with zero attached hydrogens (tertiary/aromatic N) is 1. The lowest BCUT2D eigenvalue weighted by molar-refractivity contribution is 0.0518. The monoisotopic (exact) mass is 418 g/mol. The summed E-state index contributed by atoms with van der Waals surface area (Å²) in [6, 6.07) is 5.78. The van der Waals surface area contributed by atoms with Crippen molar-refractivity contribution < 1.29 is 19.1 Å². The number of ether oxygens (including phenoxy) is 1. The maximum Gasteiger partial charge on any atom is 0.355 e. The van der Waals surface area contributed by atoms with Crippen LogP contribution in [0.15, 0.2) is 24.3 Å². The van der Waals surface area contributed by atoms with Crippen molar-refractivity contribution in [1.82, 2.24) is 9.88 Å². The Kier molecular flexibility index (Phi) is 7.25. The Morgan fingerprint density at radius 2 is 1.76 bits per heavy atom. The van der Waals surface area contributed by atoms with Gasteiger partial charge in [-0.1, -0.05) is 23.7 Å². The molecule has 0 aliphatic rings. The molecule has 0 spiro atoms. The average Bonchev–Trinajstić information content (AvgIpc) is 2.95. The molecule has 2 aromatic rings. The Balaban J connectivity index is 2.42. The van der Waals surface area contributed by atoms with E-state index in [2.05, 4.69) is 4.98 Å². The molecule has 0 fully saturated rings. The minimum Gasteiger partial charge on any atom is -0.461 e. The Hall–Kier alpha value is -2.60. The minimum atomic E-state index is -0.748. The molecule has 29 heavy (non-hydrogen) atoms. The van der Waals surface area contributed by atoms with E-state index in [0.717, 1.165) is 0 Å². The Bertz CT molecular complexity index is 933. The Labute approximate surface area is 176 Å². The zero-order chi connectivity index (χ0) is 21.9. The van der Waals surface area contributed by atoms with Gasteiger partial charge in [0.25, 0.3) is 5.91 Å². The Morgan fingerprint density at radius 1 is 1.14 bits per heavy atom. The van der Waals surface area contributed by atoms with Crippen LogP contribution in [0.25, 0.3) is 0 Å². The van der Waals surface area contributed by atoms with Gasteiger partial charge in [-0.3, -0.25) is 9.59 Å². The summed E-state index contributed by atoms with van der Waals surface area (Å²) in [6.07, 6.45) is 0. The fourth-order valence-electron chi connectivity index (χ4n) is 3.49. The smallest absolute Gasteiger partial charge is 0.355 e. The third kappa shape index (κ3) is 4.53. The maximum atomic E-state index is 13.3. The second kappa shape index (κ2) is 9.27. The number of H-pyrrole nitrogens is 1. The standard InChI is InChI=1S/C22H27ClN2O4/c1-7-29-22(28)19-13(4)18(14(5)24-19)20(26)15(6)25(12(2)3)21(27)16-10-8-9-11-17(16)23/h8-12,15,24H,7H2,1-6H3/t15-/m1/s1. The summed E-state index contributed by atoms with van der Waals surface area (Å²) < 4.78 is 5.05. The number of nitrogens with one attached hydrogen (secondary N) is 1. The second-order valence-corrected chi connectivity index (χ2v) is 7.58. The molecule has 156 valence electrons. The van der Waals surface area contributed by atoms with Crippen molar-refractivity contribution in [3.8, 4) is 0 Å². The van der Waals surface area contributed by atoms with Gasteiger partial charge in [0, 0.05) is 17.3 Å². The van der Waals surface area contributed by atoms with Crippen LogP contribution in [0, 0.1) is 13.8 Å². The molecule has 2 rings (SSSR count). The first kappa shape index (κ1) is 22.7. The maximum absolute atomic E-state index is 13.3. The van der Waals surface area contributed by atoms with Crippen LogP contribution in [0.3, 0.4) is 0 Å². The second-order valence-electron chi connectivity index (χ2n) is 7.17. The number of ketones is 1. The number of Topliss-reactive ketones (excluding diaryl/α,β-unsaturated/α-hetero) is 1. The van der Waals surface area contributed by atoms with Gasteiger partial charge in [-0.2, -0.15) is 0 Å². The van der Waals surface area contributed by atoms with Crippen LogP contribution < -0.4 is 0 Å². The average molecular weight is 419 g/mol. The molecular formula is C22H27ClN2O4. The molecule has 1 amide bonds. The van der Waals surface area contributed by atoms with E-state index in [-0.39, 0.29) is 30.0 Å². The number of aromatic nitrogens is 1. The van der Waals surface area contributed by atoms with Crippen LogP contribution in [-0.2, 0) is 4.74 Å². The number of hydrogen-bond donors (Lipinski definition) is 1. The normalized spacial score (nSPS) is 12.0. The first-order valence-corrected chi connectivity index (χ1v) is 9.97. The number of hydrogen-bond acceptors (Lipinski definition) is 4. The predicted molar refractivity (Wildman–Crippen MR) is 113 cm³/mol. The van der Waals surface area contributed by atoms with Gasteiger partial charge in [-0.15, -0.1) is 0 Å². The molecule has 7 heteroatoms. The molecule has 1 N–H and O–H groups in total. The summed E-state index contributed by atoms with van der Waals surface area (Å²) in [5, 5.41) is 0.335. The van der Waals surface area contributed by atoms with E-state index >= 15 is 0 Å². The van der Waals surface area contributed by atoms with E-state index in [4.69, 9.17) is 16.3 Å². The largest absolute Gasteiger partial charge is 0.461 e. The van der Waals surface area contributed by atoms with Gasteiger partial charge in [0.15, 0.2) is 5.78 Å². The quantitative estimate of drug-likeness (QED) is 0.527. The fourth-order valence-corrected chi connectivity index (χ4v) is 3.71. The highest BCUT2D eigenvalue weighted by Crippen LogP contribution is 2.25. The fraction of sp³-hybridized carbons (Fsp3) is 0.409. The highest BCUT2D eigenvalue weighted by molar-refractivity contribution is 6.33. The summed E-state index contributed by atoms with van der Waals surface area (Å²) in [4.78, 5) is 43.1. The number of carbonyl (C=O) groups excluding carboxylic acids is 3. The molecule has 1 atom stereocenters. The lowest BCUT2D eigenvalue weighted by Gasteiger charge is -2.32. The first-order chi connectivity index (χ1) is 13.6. The molecule has 0 aliphatic carbocycles. The van der Waals surface area contributed by atoms with Gasteiger partial charge in [0.05, 0.1) is 23.2 Å². The molecular weight excluding hydrogens is 392 g/mol. The van der Waals surface area contributed by atoms with E-state index in [1.165, 1.54) is 4.90 Å². The number of halogens is 1. The van der Waals surface area contributed by atoms with E-state index in [1.54, 1.807) is 52.0 Å². The lowest BCUT2D eigenvalue weighted by atomic mass is 9.98. The summed E-state index contributed by atoms with van der Waals surface area (Å²) >= 11 is 6.20. The first-order valence-electron chi connectivity index (χ1n) is 9.59. The number of aromatic amines is 1. The van der Waals surface area contributed by atoms with E-state index in [1.807, 2.05) is 13.8 Å². The number of carbonyl (C=O) groups is 3. The summed E-state index contributed by atoms with van der Waals surface area (Å²) in [5.41, 5.74) is 2.09. The minimum absolute atomic E-state index is 0.234. The lowest BCUT2D eigenvalue weighted by Crippen LogP contribution is -2.47. The highest BCUT2D eigenvalue weighted by Gasteiger charge is 2.33. The Morgan fingerprint density at radius 3 is 2.31 bits per heavy atom. The van der Waals surface area contributed by atoms with Gasteiger partial charge >= 0.3 is 5.97 Å². The predicted octanol–water partition coefficient (Wildman–Crippen LogP) is 4.58. The molecule has 0 saturated carbocycles. The van der Waals surface area contributed by atoms with E-state index in [0.29, 0.717) is 27.4 Å². The van der Waals surface area contributed by atoms with Gasteiger partial charge in [-0.25, -0.2) is 4.79 Å². The van der Waals surface area contributed by atoms with Crippen molar-refractivity contribution in [3.63, 3.8) is 0 Å². The molecule has 0 radical (unpaired) electrons. The molecule has 0 bridgehead atoms. The van der Waals surface area contributed by atoms with E-state index < -0.39 is 12.0 Å². The zero-order valence-corrected chi connectivity index (χ0v) is 18.4. The van der Waals surface area contributed by atoms with Crippen molar-refractivity contribution in [1.29, 1.82) is 0 Å². The van der Waals surface area contributed by atoms with E-state index in [9.17, 15) is 14.4 Å². The van der Waals surface area contributed by atoms with Gasteiger partial charge < -0.3 is 14.6 Å². The van der Waals surface area contributed by atoms with Gasteiger partial charge in [-0.05, 0) is 59.2 Å². The molecule has 6 nitrogen and oxygen atoms in total. The van der Waals surface area contributed by atoms with Crippen molar-refractivity contribution in [3.05, 3.63) is 57.4 Å². The van der Waals surface area contributed by atoms with Crippen molar-refractivity contribution in [2.24, 2.45) is 0 Å².